The first-order chi connectivity index (χ1) is 9.12. The van der Waals surface area contributed by atoms with E-state index in [9.17, 15) is 4.79 Å². The smallest absolute Gasteiger partial charge is 0.236 e. The molecule has 0 radical (unpaired) electrons. The van der Waals surface area contributed by atoms with Gasteiger partial charge in [0.15, 0.2) is 11.5 Å². The zero-order valence-electron chi connectivity index (χ0n) is 11.7. The lowest BCUT2D eigenvalue weighted by Crippen LogP contribution is -2.40. The predicted molar refractivity (Wildman–Crippen MR) is 74.5 cm³/mol. The fourth-order valence-electron chi connectivity index (χ4n) is 1.68. The number of carbonyl (C=O) groups is 1. The van der Waals surface area contributed by atoms with Crippen LogP contribution in [0.3, 0.4) is 0 Å². The van der Waals surface area contributed by atoms with E-state index in [1.54, 1.807) is 14.2 Å². The molecule has 1 amide bonds. The Morgan fingerprint density at radius 1 is 1.32 bits per heavy atom. The SMILES string of the molecule is CC[C@@H](N)C(=O)NCCc1ccc(OC)c(OC)c1. The number of hydrogen-bond donors (Lipinski definition) is 2. The molecule has 0 saturated heterocycles. The highest BCUT2D eigenvalue weighted by Crippen LogP contribution is 2.27. The first-order valence-electron chi connectivity index (χ1n) is 6.36. The van der Waals surface area contributed by atoms with Crippen molar-refractivity contribution >= 4 is 5.91 Å². The number of nitrogens with one attached hydrogen (secondary N) is 1. The maximum Gasteiger partial charge on any atom is 0.236 e. The van der Waals surface area contributed by atoms with Crippen LogP contribution in [0.15, 0.2) is 18.2 Å². The molecule has 1 atom stereocenters. The second kappa shape index (κ2) is 7.63. The van der Waals surface area contributed by atoms with Crippen molar-refractivity contribution in [1.29, 1.82) is 0 Å². The van der Waals surface area contributed by atoms with E-state index in [0.717, 1.165) is 12.0 Å². The van der Waals surface area contributed by atoms with Gasteiger partial charge in [-0.05, 0) is 30.5 Å². The Morgan fingerprint density at radius 3 is 2.58 bits per heavy atom. The van der Waals surface area contributed by atoms with Crippen LogP contribution >= 0.6 is 0 Å². The van der Waals surface area contributed by atoms with Crippen LogP contribution in [0.1, 0.15) is 18.9 Å². The van der Waals surface area contributed by atoms with Gasteiger partial charge < -0.3 is 20.5 Å². The van der Waals surface area contributed by atoms with Crippen molar-refractivity contribution in [3.8, 4) is 11.5 Å². The van der Waals surface area contributed by atoms with E-state index < -0.39 is 6.04 Å². The van der Waals surface area contributed by atoms with Crippen molar-refractivity contribution in [2.75, 3.05) is 20.8 Å². The number of amides is 1. The molecule has 0 aliphatic rings. The summed E-state index contributed by atoms with van der Waals surface area (Å²) in [6.07, 6.45) is 1.37. The minimum absolute atomic E-state index is 0.108. The lowest BCUT2D eigenvalue weighted by molar-refractivity contribution is -0.122. The molecule has 5 heteroatoms. The molecule has 0 fully saturated rings. The van der Waals surface area contributed by atoms with E-state index in [4.69, 9.17) is 15.2 Å². The van der Waals surface area contributed by atoms with Crippen LogP contribution in [-0.2, 0) is 11.2 Å². The maximum atomic E-state index is 11.5. The standard InChI is InChI=1S/C14H22N2O3/c1-4-11(15)14(17)16-8-7-10-5-6-12(18-2)13(9-10)19-3/h5-6,9,11H,4,7-8,15H2,1-3H3,(H,16,17)/t11-/m1/s1. The molecule has 0 unspecified atom stereocenters. The zero-order chi connectivity index (χ0) is 14.3. The lowest BCUT2D eigenvalue weighted by atomic mass is 10.1. The number of hydrogen-bond acceptors (Lipinski definition) is 4. The van der Waals surface area contributed by atoms with Gasteiger partial charge >= 0.3 is 0 Å². The van der Waals surface area contributed by atoms with Crippen molar-refractivity contribution in [3.63, 3.8) is 0 Å². The minimum Gasteiger partial charge on any atom is -0.493 e. The zero-order valence-corrected chi connectivity index (χ0v) is 11.7. The first-order valence-corrected chi connectivity index (χ1v) is 6.36. The number of carbonyl (C=O) groups excluding carboxylic acids is 1. The maximum absolute atomic E-state index is 11.5. The molecule has 1 aromatic carbocycles. The van der Waals surface area contributed by atoms with Gasteiger partial charge in [-0.15, -0.1) is 0 Å². The summed E-state index contributed by atoms with van der Waals surface area (Å²) in [7, 11) is 3.20. The van der Waals surface area contributed by atoms with Crippen molar-refractivity contribution in [2.45, 2.75) is 25.8 Å². The fourth-order valence-corrected chi connectivity index (χ4v) is 1.68. The second-order valence-electron chi connectivity index (χ2n) is 4.25. The van der Waals surface area contributed by atoms with E-state index >= 15 is 0 Å². The average Bonchev–Trinajstić information content (AvgIpc) is 2.45. The molecule has 1 aromatic rings. The Labute approximate surface area is 114 Å². The number of benzene rings is 1. The number of ether oxygens (including phenoxy) is 2. The summed E-state index contributed by atoms with van der Waals surface area (Å²) in [5.41, 5.74) is 6.70. The molecular formula is C14H22N2O3. The van der Waals surface area contributed by atoms with Gasteiger partial charge in [-0.3, -0.25) is 4.79 Å². The van der Waals surface area contributed by atoms with Gasteiger partial charge in [-0.25, -0.2) is 0 Å². The number of methoxy groups -OCH3 is 2. The second-order valence-corrected chi connectivity index (χ2v) is 4.25. The third-order valence-corrected chi connectivity index (χ3v) is 2.94. The van der Waals surface area contributed by atoms with Gasteiger partial charge in [0.2, 0.25) is 5.91 Å². The van der Waals surface area contributed by atoms with Crippen molar-refractivity contribution in [2.24, 2.45) is 5.73 Å². The lowest BCUT2D eigenvalue weighted by Gasteiger charge is -2.11. The molecule has 0 aromatic heterocycles. The molecular weight excluding hydrogens is 244 g/mol. The molecule has 0 bridgehead atoms. The molecule has 0 saturated carbocycles. The van der Waals surface area contributed by atoms with E-state index in [1.165, 1.54) is 0 Å². The largest absolute Gasteiger partial charge is 0.493 e. The quantitative estimate of drug-likeness (QED) is 0.775. The third-order valence-electron chi connectivity index (χ3n) is 2.94. The first kappa shape index (κ1) is 15.3. The predicted octanol–water partition coefficient (Wildman–Crippen LogP) is 1.10. The van der Waals surface area contributed by atoms with Crippen LogP contribution in [0.4, 0.5) is 0 Å². The summed E-state index contributed by atoms with van der Waals surface area (Å²) < 4.78 is 10.4. The molecule has 3 N–H and O–H groups in total. The Hall–Kier alpha value is -1.75. The molecule has 1 rings (SSSR count). The van der Waals surface area contributed by atoms with Crippen LogP contribution in [0.2, 0.25) is 0 Å². The summed E-state index contributed by atoms with van der Waals surface area (Å²) >= 11 is 0. The van der Waals surface area contributed by atoms with Gasteiger partial charge in [-0.2, -0.15) is 0 Å². The van der Waals surface area contributed by atoms with Crippen molar-refractivity contribution in [3.05, 3.63) is 23.8 Å². The monoisotopic (exact) mass is 266 g/mol. The van der Waals surface area contributed by atoms with E-state index in [1.807, 2.05) is 25.1 Å². The minimum atomic E-state index is -0.426. The molecule has 106 valence electrons. The number of rotatable bonds is 7. The summed E-state index contributed by atoms with van der Waals surface area (Å²) in [5.74, 6) is 1.28. The van der Waals surface area contributed by atoms with Crippen LogP contribution in [0.25, 0.3) is 0 Å². The van der Waals surface area contributed by atoms with E-state index in [-0.39, 0.29) is 5.91 Å². The summed E-state index contributed by atoms with van der Waals surface area (Å²) in [6, 6.07) is 5.29. The topological polar surface area (TPSA) is 73.6 Å². The van der Waals surface area contributed by atoms with Gasteiger partial charge in [0.05, 0.1) is 20.3 Å². The molecule has 5 nitrogen and oxygen atoms in total. The van der Waals surface area contributed by atoms with Crippen molar-refractivity contribution in [1.82, 2.24) is 5.32 Å². The summed E-state index contributed by atoms with van der Waals surface area (Å²) in [4.78, 5) is 11.5. The highest BCUT2D eigenvalue weighted by atomic mass is 16.5. The highest BCUT2D eigenvalue weighted by Gasteiger charge is 2.10. The molecule has 19 heavy (non-hydrogen) atoms. The Kier molecular flexibility index (Phi) is 6.15. The average molecular weight is 266 g/mol. The Morgan fingerprint density at radius 2 is 2.00 bits per heavy atom. The van der Waals surface area contributed by atoms with E-state index in [0.29, 0.717) is 24.5 Å². The van der Waals surface area contributed by atoms with Crippen LogP contribution in [0, 0.1) is 0 Å². The van der Waals surface area contributed by atoms with Gasteiger partial charge in [0.1, 0.15) is 0 Å². The number of nitrogens with two attached hydrogens (primary N) is 1. The Balaban J connectivity index is 2.52. The van der Waals surface area contributed by atoms with Crippen molar-refractivity contribution < 1.29 is 14.3 Å². The fraction of sp³-hybridized carbons (Fsp3) is 0.500. The van der Waals surface area contributed by atoms with Crippen LogP contribution in [-0.4, -0.2) is 32.7 Å². The third kappa shape index (κ3) is 4.44. The molecule has 0 aliphatic heterocycles. The van der Waals surface area contributed by atoms with E-state index in [2.05, 4.69) is 5.32 Å². The molecule has 0 heterocycles. The summed E-state index contributed by atoms with van der Waals surface area (Å²) in [6.45, 7) is 2.45. The van der Waals surface area contributed by atoms with Crippen LogP contribution in [0.5, 0.6) is 11.5 Å². The highest BCUT2D eigenvalue weighted by molar-refractivity contribution is 5.81. The molecule has 0 spiro atoms. The summed E-state index contributed by atoms with van der Waals surface area (Å²) in [5, 5.41) is 2.81. The van der Waals surface area contributed by atoms with Crippen LogP contribution < -0.4 is 20.5 Å². The molecule has 0 aliphatic carbocycles. The van der Waals surface area contributed by atoms with Gasteiger partial charge in [0, 0.05) is 6.54 Å². The Bertz CT molecular complexity index is 421. The van der Waals surface area contributed by atoms with Gasteiger partial charge in [0.25, 0.3) is 0 Å². The van der Waals surface area contributed by atoms with Gasteiger partial charge in [-0.1, -0.05) is 13.0 Å². The normalized spacial score (nSPS) is 11.8.